The number of hydrogen-bond donors (Lipinski definition) is 2. The molecule has 0 aliphatic heterocycles. The number of benzene rings is 8. The number of nitrogens with one attached hydrogen (secondary N) is 1. The van der Waals surface area contributed by atoms with E-state index in [2.05, 4.69) is 115 Å². The molecule has 0 saturated heterocycles. The molecule has 0 aliphatic carbocycles. The standard InChI is InChI=1S/C30H24N4.C27H20/c31-29(27-20-10-18-25(33-27)22-12-4-1-5-13-22)30(32-24-16-8-3-9-17-24)28-21-11-19-26(34-28)23-14-6-2-7-15-23;1-19-15-17-21(18-16-19)27-24-13-7-5-11-22(24)26(20-9-3-2-4-10-20)23-12-6-8-14-25(23)27/h1-21,32H,31H2;2-18H,1H3/b30-29-;. The van der Waals surface area contributed by atoms with Gasteiger partial charge in [-0.25, -0.2) is 9.97 Å². The van der Waals surface area contributed by atoms with Crippen molar-refractivity contribution >= 4 is 38.6 Å². The topological polar surface area (TPSA) is 63.8 Å². The summed E-state index contributed by atoms with van der Waals surface area (Å²) in [5, 5.41) is 8.70. The molecular formula is C57H44N4. The van der Waals surface area contributed by atoms with Crippen molar-refractivity contribution in [2.45, 2.75) is 6.92 Å². The Morgan fingerprint density at radius 2 is 0.738 bits per heavy atom. The zero-order valence-corrected chi connectivity index (χ0v) is 33.9. The molecule has 10 aromatic rings. The van der Waals surface area contributed by atoms with E-state index in [1.54, 1.807) is 0 Å². The van der Waals surface area contributed by atoms with E-state index in [1.807, 2.05) is 127 Å². The van der Waals surface area contributed by atoms with Crippen molar-refractivity contribution < 1.29 is 0 Å². The maximum absolute atomic E-state index is 6.77. The van der Waals surface area contributed by atoms with E-state index in [0.29, 0.717) is 17.1 Å². The van der Waals surface area contributed by atoms with Crippen LogP contribution in [0.25, 0.3) is 77.7 Å². The van der Waals surface area contributed by atoms with Gasteiger partial charge in [0.15, 0.2) is 0 Å². The van der Waals surface area contributed by atoms with Crippen LogP contribution in [0.2, 0.25) is 0 Å². The van der Waals surface area contributed by atoms with Crippen LogP contribution >= 0.6 is 0 Å². The van der Waals surface area contributed by atoms with Crippen LogP contribution < -0.4 is 11.1 Å². The van der Waals surface area contributed by atoms with Gasteiger partial charge in [-0.1, -0.05) is 200 Å². The molecule has 0 spiro atoms. The van der Waals surface area contributed by atoms with E-state index in [4.69, 9.17) is 15.7 Å². The van der Waals surface area contributed by atoms with E-state index in [9.17, 15) is 0 Å². The summed E-state index contributed by atoms with van der Waals surface area (Å²) in [4.78, 5) is 9.80. The van der Waals surface area contributed by atoms with Crippen molar-refractivity contribution in [2.75, 3.05) is 5.32 Å². The molecular weight excluding hydrogens is 741 g/mol. The summed E-state index contributed by atoms with van der Waals surface area (Å²) >= 11 is 0. The molecule has 0 bridgehead atoms. The van der Waals surface area contributed by atoms with Crippen LogP contribution in [0, 0.1) is 6.92 Å². The predicted octanol–water partition coefficient (Wildman–Crippen LogP) is 14.3. The molecule has 2 heterocycles. The fourth-order valence-electron chi connectivity index (χ4n) is 7.84. The van der Waals surface area contributed by atoms with Crippen molar-refractivity contribution in [3.8, 4) is 44.8 Å². The third-order valence-corrected chi connectivity index (χ3v) is 10.8. The molecule has 4 heteroatoms. The second kappa shape index (κ2) is 17.8. The van der Waals surface area contributed by atoms with Gasteiger partial charge in [0, 0.05) is 16.8 Å². The summed E-state index contributed by atoms with van der Waals surface area (Å²) in [6.45, 7) is 2.14. The van der Waals surface area contributed by atoms with Crippen molar-refractivity contribution in [1.82, 2.24) is 9.97 Å². The van der Waals surface area contributed by atoms with Crippen LogP contribution in [-0.4, -0.2) is 9.97 Å². The minimum Gasteiger partial charge on any atom is -0.395 e. The summed E-state index contributed by atoms with van der Waals surface area (Å²) in [5.74, 6) is 0. The SMILES string of the molecule is Cc1ccc(-c2c3ccccc3c(-c3ccccc3)c3ccccc23)cc1.N/C(=C(\Nc1ccccc1)c1cccc(-c2ccccc2)n1)c1cccc(-c2ccccc2)n1. The Hall–Kier alpha value is -8.08. The van der Waals surface area contributed by atoms with E-state index < -0.39 is 0 Å². The molecule has 10 rings (SSSR count). The lowest BCUT2D eigenvalue weighted by Crippen LogP contribution is -2.11. The first-order valence-corrected chi connectivity index (χ1v) is 20.5. The number of rotatable bonds is 8. The highest BCUT2D eigenvalue weighted by Crippen LogP contribution is 2.43. The van der Waals surface area contributed by atoms with Crippen molar-refractivity contribution in [1.29, 1.82) is 0 Å². The minimum atomic E-state index is 0.527. The van der Waals surface area contributed by atoms with Crippen molar-refractivity contribution in [2.24, 2.45) is 5.73 Å². The fraction of sp³-hybridized carbons (Fsp3) is 0.0175. The summed E-state index contributed by atoms with van der Waals surface area (Å²) in [6, 6.07) is 79.2. The van der Waals surface area contributed by atoms with Gasteiger partial charge in [-0.3, -0.25) is 0 Å². The number of hydrogen-bond acceptors (Lipinski definition) is 4. The lowest BCUT2D eigenvalue weighted by Gasteiger charge is -2.17. The molecule has 0 amide bonds. The fourth-order valence-corrected chi connectivity index (χ4v) is 7.84. The Bertz CT molecular complexity index is 3030. The van der Waals surface area contributed by atoms with Crippen LogP contribution in [0.15, 0.2) is 231 Å². The van der Waals surface area contributed by atoms with Crippen LogP contribution in [0.1, 0.15) is 17.0 Å². The smallest absolute Gasteiger partial charge is 0.0901 e. The maximum Gasteiger partial charge on any atom is 0.0901 e. The van der Waals surface area contributed by atoms with Gasteiger partial charge >= 0.3 is 0 Å². The second-order valence-electron chi connectivity index (χ2n) is 14.9. The molecule has 0 saturated carbocycles. The van der Waals surface area contributed by atoms with Crippen LogP contribution in [0.3, 0.4) is 0 Å². The van der Waals surface area contributed by atoms with Gasteiger partial charge in [0.05, 0.1) is 34.2 Å². The highest BCUT2D eigenvalue weighted by Gasteiger charge is 2.17. The quantitative estimate of drug-likeness (QED) is 0.151. The molecule has 3 N–H and O–H groups in total. The Morgan fingerprint density at radius 1 is 0.361 bits per heavy atom. The average molecular weight is 785 g/mol. The molecule has 0 atom stereocenters. The number of para-hydroxylation sites is 1. The average Bonchev–Trinajstić information content (AvgIpc) is 3.34. The number of pyridine rings is 2. The number of aryl methyl sites for hydroxylation is 1. The van der Waals surface area contributed by atoms with Gasteiger partial charge < -0.3 is 11.1 Å². The second-order valence-corrected chi connectivity index (χ2v) is 14.9. The van der Waals surface area contributed by atoms with E-state index >= 15 is 0 Å². The molecule has 0 fully saturated rings. The number of nitrogens with two attached hydrogens (primary N) is 1. The van der Waals surface area contributed by atoms with Crippen molar-refractivity contribution in [3.05, 3.63) is 247 Å². The minimum absolute atomic E-state index is 0.527. The van der Waals surface area contributed by atoms with Gasteiger partial charge in [-0.2, -0.15) is 0 Å². The summed E-state index contributed by atoms with van der Waals surface area (Å²) in [5.41, 5.74) is 20.7. The third kappa shape index (κ3) is 8.43. The van der Waals surface area contributed by atoms with Crippen LogP contribution in [0.5, 0.6) is 0 Å². The van der Waals surface area contributed by atoms with Crippen LogP contribution in [0.4, 0.5) is 5.69 Å². The first-order chi connectivity index (χ1) is 30.1. The molecule has 0 aliphatic rings. The Balaban J connectivity index is 0.000000160. The lowest BCUT2D eigenvalue weighted by atomic mass is 9.86. The molecule has 8 aromatic carbocycles. The normalized spacial score (nSPS) is 11.4. The Kier molecular flexibility index (Phi) is 11.2. The lowest BCUT2D eigenvalue weighted by molar-refractivity contribution is 1.23. The summed E-state index contributed by atoms with van der Waals surface area (Å²) in [6.07, 6.45) is 0. The Labute approximate surface area is 357 Å². The van der Waals surface area contributed by atoms with Gasteiger partial charge in [-0.15, -0.1) is 0 Å². The molecule has 4 nitrogen and oxygen atoms in total. The largest absolute Gasteiger partial charge is 0.395 e. The number of aromatic nitrogens is 2. The number of nitrogens with zero attached hydrogens (tertiary/aromatic N) is 2. The molecule has 61 heavy (non-hydrogen) atoms. The number of anilines is 1. The summed E-state index contributed by atoms with van der Waals surface area (Å²) < 4.78 is 0. The third-order valence-electron chi connectivity index (χ3n) is 10.8. The first-order valence-electron chi connectivity index (χ1n) is 20.5. The van der Waals surface area contributed by atoms with Gasteiger partial charge in [0.25, 0.3) is 0 Å². The number of fused-ring (bicyclic) bond motifs is 2. The van der Waals surface area contributed by atoms with E-state index in [1.165, 1.54) is 49.4 Å². The molecule has 2 aromatic heterocycles. The summed E-state index contributed by atoms with van der Waals surface area (Å²) in [7, 11) is 0. The van der Waals surface area contributed by atoms with E-state index in [0.717, 1.165) is 33.9 Å². The highest BCUT2D eigenvalue weighted by atomic mass is 15.0. The van der Waals surface area contributed by atoms with Crippen LogP contribution in [-0.2, 0) is 0 Å². The van der Waals surface area contributed by atoms with Gasteiger partial charge in [-0.05, 0) is 87.1 Å². The monoisotopic (exact) mass is 784 g/mol. The zero-order valence-electron chi connectivity index (χ0n) is 33.9. The van der Waals surface area contributed by atoms with E-state index in [-0.39, 0.29) is 0 Å². The highest BCUT2D eigenvalue weighted by molar-refractivity contribution is 6.21. The maximum atomic E-state index is 6.77. The van der Waals surface area contributed by atoms with Crippen molar-refractivity contribution in [3.63, 3.8) is 0 Å². The zero-order chi connectivity index (χ0) is 41.4. The molecule has 0 unspecified atom stereocenters. The molecule has 292 valence electrons. The molecule has 0 radical (unpaired) electrons. The van der Waals surface area contributed by atoms with Gasteiger partial charge in [0.2, 0.25) is 0 Å². The predicted molar refractivity (Wildman–Crippen MR) is 257 cm³/mol. The Morgan fingerprint density at radius 3 is 1.21 bits per heavy atom. The van der Waals surface area contributed by atoms with Gasteiger partial charge in [0.1, 0.15) is 0 Å². The first kappa shape index (κ1) is 38.4.